The van der Waals surface area contributed by atoms with E-state index >= 15 is 0 Å². The molecule has 0 amide bonds. The third-order valence-electron chi connectivity index (χ3n) is 3.56. The molecule has 2 aromatic heterocycles. The van der Waals surface area contributed by atoms with Gasteiger partial charge >= 0.3 is 5.97 Å². The van der Waals surface area contributed by atoms with Crippen LogP contribution in [0.3, 0.4) is 0 Å². The largest absolute Gasteiger partial charge is 0.481 e. The van der Waals surface area contributed by atoms with Gasteiger partial charge in [0.25, 0.3) is 0 Å². The molecule has 94 valence electrons. The van der Waals surface area contributed by atoms with Crippen LogP contribution in [-0.4, -0.2) is 21.0 Å². The van der Waals surface area contributed by atoms with E-state index in [0.717, 1.165) is 35.2 Å². The zero-order valence-corrected chi connectivity index (χ0v) is 11.0. The van der Waals surface area contributed by atoms with Gasteiger partial charge in [-0.25, -0.2) is 9.97 Å². The van der Waals surface area contributed by atoms with E-state index in [2.05, 4.69) is 16.9 Å². The number of nitrogens with zero attached hydrogens (tertiary/aromatic N) is 2. The van der Waals surface area contributed by atoms with Crippen LogP contribution >= 0.6 is 11.3 Å². The first-order chi connectivity index (χ1) is 8.70. The van der Waals surface area contributed by atoms with Crippen molar-refractivity contribution in [1.82, 2.24) is 9.97 Å². The smallest absolute Gasteiger partial charge is 0.303 e. The molecule has 1 N–H and O–H groups in total. The molecule has 0 aliphatic heterocycles. The molecule has 1 aliphatic carbocycles. The Kier molecular flexibility index (Phi) is 2.78. The molecule has 0 unspecified atom stereocenters. The number of carboxylic acid groups (broad SMARTS) is 1. The molecule has 0 radical (unpaired) electrons. The number of aryl methyl sites for hydroxylation is 2. The molecule has 0 fully saturated rings. The van der Waals surface area contributed by atoms with E-state index in [-0.39, 0.29) is 12.3 Å². The second kappa shape index (κ2) is 4.31. The maximum absolute atomic E-state index is 10.9. The predicted octanol–water partition coefficient (Wildman–Crippen LogP) is 2.76. The van der Waals surface area contributed by atoms with E-state index in [1.165, 1.54) is 10.4 Å². The molecular weight excluding hydrogens is 248 g/mol. The van der Waals surface area contributed by atoms with Crippen molar-refractivity contribution in [3.63, 3.8) is 0 Å². The van der Waals surface area contributed by atoms with Crippen LogP contribution in [0.4, 0.5) is 0 Å². The van der Waals surface area contributed by atoms with Gasteiger partial charge in [-0.05, 0) is 30.7 Å². The number of aromatic nitrogens is 2. The Morgan fingerprint density at radius 2 is 2.39 bits per heavy atom. The third kappa shape index (κ3) is 1.70. The van der Waals surface area contributed by atoms with E-state index in [9.17, 15) is 4.79 Å². The summed E-state index contributed by atoms with van der Waals surface area (Å²) in [6, 6.07) is 0. The fourth-order valence-corrected chi connectivity index (χ4v) is 4.07. The molecule has 5 heteroatoms. The lowest BCUT2D eigenvalue weighted by atomic mass is 9.96. The summed E-state index contributed by atoms with van der Waals surface area (Å²) in [5.41, 5.74) is 2.27. The minimum atomic E-state index is -0.720. The average molecular weight is 262 g/mol. The van der Waals surface area contributed by atoms with Crippen molar-refractivity contribution in [2.75, 3.05) is 0 Å². The molecule has 1 atom stereocenters. The molecular formula is C13H14N2O2S. The van der Waals surface area contributed by atoms with Crippen LogP contribution in [0.2, 0.25) is 0 Å². The lowest BCUT2D eigenvalue weighted by Crippen LogP contribution is -2.04. The van der Waals surface area contributed by atoms with E-state index in [0.29, 0.717) is 0 Å². The molecule has 0 saturated heterocycles. The van der Waals surface area contributed by atoms with Crippen LogP contribution in [0.1, 0.15) is 41.8 Å². The third-order valence-corrected chi connectivity index (χ3v) is 4.74. The van der Waals surface area contributed by atoms with Gasteiger partial charge in [-0.3, -0.25) is 4.79 Å². The highest BCUT2D eigenvalue weighted by Crippen LogP contribution is 2.45. The summed E-state index contributed by atoms with van der Waals surface area (Å²) in [5.74, 6) is -0.579. The predicted molar refractivity (Wildman–Crippen MR) is 70.1 cm³/mol. The molecule has 4 nitrogen and oxygen atoms in total. The van der Waals surface area contributed by atoms with Crippen molar-refractivity contribution < 1.29 is 9.90 Å². The van der Waals surface area contributed by atoms with E-state index in [1.807, 2.05) is 0 Å². The summed E-state index contributed by atoms with van der Waals surface area (Å²) in [7, 11) is 0. The topological polar surface area (TPSA) is 63.1 Å². The molecule has 18 heavy (non-hydrogen) atoms. The maximum Gasteiger partial charge on any atom is 0.303 e. The summed E-state index contributed by atoms with van der Waals surface area (Å²) in [6.07, 6.45) is 4.62. The van der Waals surface area contributed by atoms with Gasteiger partial charge in [0, 0.05) is 10.3 Å². The first-order valence-corrected chi connectivity index (χ1v) is 6.99. The number of thiophene rings is 1. The van der Waals surface area contributed by atoms with Crippen LogP contribution in [0.25, 0.3) is 10.2 Å². The Bertz CT molecular complexity index is 621. The lowest BCUT2D eigenvalue weighted by molar-refractivity contribution is -0.137. The standard InChI is InChI=1S/C13H14N2O2S/c1-2-8-12-11-7(5-10(16)17)3-4-9(11)18-13(12)15-6-14-8/h6-7H,2-5H2,1H3,(H,16,17)/t7-/m1/s1. The van der Waals surface area contributed by atoms with Crippen LogP contribution < -0.4 is 0 Å². The number of hydrogen-bond donors (Lipinski definition) is 1. The highest BCUT2D eigenvalue weighted by Gasteiger charge is 2.30. The quantitative estimate of drug-likeness (QED) is 0.923. The second-order valence-electron chi connectivity index (χ2n) is 4.63. The van der Waals surface area contributed by atoms with Gasteiger partial charge in [0.05, 0.1) is 12.1 Å². The molecule has 2 aromatic rings. The fourth-order valence-electron chi connectivity index (χ4n) is 2.81. The van der Waals surface area contributed by atoms with Crippen molar-refractivity contribution in [2.24, 2.45) is 0 Å². The number of hydrogen-bond acceptors (Lipinski definition) is 4. The first kappa shape index (κ1) is 11.6. The minimum absolute atomic E-state index is 0.141. The van der Waals surface area contributed by atoms with Crippen molar-refractivity contribution in [3.8, 4) is 0 Å². The van der Waals surface area contributed by atoms with Crippen molar-refractivity contribution in [2.45, 2.75) is 38.5 Å². The zero-order chi connectivity index (χ0) is 12.7. The Hall–Kier alpha value is -1.49. The zero-order valence-electron chi connectivity index (χ0n) is 10.1. The molecule has 0 bridgehead atoms. The molecule has 0 aromatic carbocycles. The molecule has 0 spiro atoms. The summed E-state index contributed by atoms with van der Waals surface area (Å²) in [6.45, 7) is 2.08. The van der Waals surface area contributed by atoms with Gasteiger partial charge in [0.1, 0.15) is 11.2 Å². The van der Waals surface area contributed by atoms with Crippen LogP contribution in [0.15, 0.2) is 6.33 Å². The molecule has 3 rings (SSSR count). The van der Waals surface area contributed by atoms with Gasteiger partial charge in [0.15, 0.2) is 0 Å². The van der Waals surface area contributed by atoms with Gasteiger partial charge in [0.2, 0.25) is 0 Å². The van der Waals surface area contributed by atoms with Crippen LogP contribution in [-0.2, 0) is 17.6 Å². The second-order valence-corrected chi connectivity index (χ2v) is 5.71. The van der Waals surface area contributed by atoms with E-state index in [1.54, 1.807) is 17.7 Å². The SMILES string of the molecule is CCc1ncnc2sc3c(c12)[C@@H](CC(=O)O)CC3. The maximum atomic E-state index is 10.9. The first-order valence-electron chi connectivity index (χ1n) is 6.17. The molecule has 0 saturated carbocycles. The van der Waals surface area contributed by atoms with Crippen molar-refractivity contribution in [3.05, 3.63) is 22.5 Å². The number of aliphatic carboxylic acids is 1. The van der Waals surface area contributed by atoms with Crippen molar-refractivity contribution in [1.29, 1.82) is 0 Å². The van der Waals surface area contributed by atoms with Gasteiger partial charge in [-0.1, -0.05) is 6.92 Å². The average Bonchev–Trinajstić information content (AvgIpc) is 2.88. The van der Waals surface area contributed by atoms with E-state index < -0.39 is 5.97 Å². The number of carbonyl (C=O) groups is 1. The Labute approximate surface area is 109 Å². The molecule has 2 heterocycles. The van der Waals surface area contributed by atoms with Gasteiger partial charge < -0.3 is 5.11 Å². The summed E-state index contributed by atoms with van der Waals surface area (Å²) in [5, 5.41) is 10.1. The monoisotopic (exact) mass is 262 g/mol. The Morgan fingerprint density at radius 1 is 1.56 bits per heavy atom. The van der Waals surface area contributed by atoms with Crippen LogP contribution in [0.5, 0.6) is 0 Å². The fraction of sp³-hybridized carbons (Fsp3) is 0.462. The summed E-state index contributed by atoms with van der Waals surface area (Å²) in [4.78, 5) is 21.9. The lowest BCUT2D eigenvalue weighted by Gasteiger charge is -2.09. The van der Waals surface area contributed by atoms with Crippen LogP contribution in [0, 0.1) is 0 Å². The Balaban J connectivity index is 2.18. The number of carboxylic acids is 1. The number of rotatable bonds is 3. The normalized spacial score (nSPS) is 18.2. The Morgan fingerprint density at radius 3 is 3.11 bits per heavy atom. The van der Waals surface area contributed by atoms with Gasteiger partial charge in [-0.2, -0.15) is 0 Å². The minimum Gasteiger partial charge on any atom is -0.481 e. The van der Waals surface area contributed by atoms with Crippen molar-refractivity contribution >= 4 is 27.5 Å². The van der Waals surface area contributed by atoms with E-state index in [4.69, 9.17) is 5.11 Å². The summed E-state index contributed by atoms with van der Waals surface area (Å²) < 4.78 is 0. The molecule has 1 aliphatic rings. The highest BCUT2D eigenvalue weighted by atomic mass is 32.1. The summed E-state index contributed by atoms with van der Waals surface area (Å²) >= 11 is 1.70. The number of fused-ring (bicyclic) bond motifs is 3. The van der Waals surface area contributed by atoms with Gasteiger partial charge in [-0.15, -0.1) is 11.3 Å². The highest BCUT2D eigenvalue weighted by molar-refractivity contribution is 7.18.